The van der Waals surface area contributed by atoms with Gasteiger partial charge in [-0.3, -0.25) is 9.59 Å². The molecule has 0 spiro atoms. The second-order valence-corrected chi connectivity index (χ2v) is 17.2. The van der Waals surface area contributed by atoms with Crippen LogP contribution < -0.4 is 25.4 Å². The van der Waals surface area contributed by atoms with Gasteiger partial charge < -0.3 is 44.6 Å². The van der Waals surface area contributed by atoms with Crippen molar-refractivity contribution in [1.29, 1.82) is 0 Å². The smallest absolute Gasteiger partial charge is 0.408 e. The molecule has 8 atom stereocenters. The van der Waals surface area contributed by atoms with Gasteiger partial charge in [0.25, 0.3) is 6.01 Å². The molecule has 2 aromatic heterocycles. The van der Waals surface area contributed by atoms with Crippen molar-refractivity contribution in [3.05, 3.63) is 42.1 Å². The van der Waals surface area contributed by atoms with Gasteiger partial charge in [-0.2, -0.15) is 4.98 Å². The molecule has 1 aliphatic heterocycles. The third-order valence-electron chi connectivity index (χ3n) is 11.3. The number of rotatable bonds is 13. The number of carboxylic acid groups (broad SMARTS) is 1. The first-order valence-corrected chi connectivity index (χ1v) is 19.4. The van der Waals surface area contributed by atoms with Crippen LogP contribution in [0.5, 0.6) is 11.5 Å². The fourth-order valence-corrected chi connectivity index (χ4v) is 8.33. The van der Waals surface area contributed by atoms with Crippen LogP contribution in [0.15, 0.2) is 41.5 Å². The number of nitrogens with one attached hydrogen (secondary N) is 3. The van der Waals surface area contributed by atoms with Crippen LogP contribution in [0.25, 0.3) is 22.3 Å². The zero-order chi connectivity index (χ0) is 40.3. The number of aromatic nitrogens is 2. The van der Waals surface area contributed by atoms with E-state index in [1.165, 1.54) is 24.3 Å². The Bertz CT molecular complexity index is 2050. The number of amides is 3. The molecule has 1 aromatic carbocycles. The summed E-state index contributed by atoms with van der Waals surface area (Å²) in [6.07, 6.45) is 4.26. The summed E-state index contributed by atoms with van der Waals surface area (Å²) in [5.74, 6) is -0.932. The number of methoxy groups -OCH3 is 1. The fourth-order valence-electron chi connectivity index (χ4n) is 8.05. The van der Waals surface area contributed by atoms with Gasteiger partial charge in [-0.25, -0.2) is 14.6 Å². The first-order valence-electron chi connectivity index (χ1n) is 19.0. The Labute approximate surface area is 329 Å². The maximum Gasteiger partial charge on any atom is 0.408 e. The summed E-state index contributed by atoms with van der Waals surface area (Å²) in [6, 6.07) is 3.25. The summed E-state index contributed by atoms with van der Waals surface area (Å²) in [6.45, 7) is 13.0. The molecule has 3 aromatic rings. The number of nitrogens with zero attached hydrogens (tertiary/aromatic N) is 3. The predicted molar refractivity (Wildman–Crippen MR) is 206 cm³/mol. The number of oxazole rings is 1. The Morgan fingerprint density at radius 1 is 1.07 bits per heavy atom. The van der Waals surface area contributed by atoms with Crippen molar-refractivity contribution < 1.29 is 42.9 Å². The number of carbonyl (C=O) groups is 4. The molecule has 1 saturated heterocycles. The van der Waals surface area contributed by atoms with Crippen LogP contribution in [0.4, 0.5) is 10.8 Å². The number of hydrogen-bond acceptors (Lipinski definition) is 11. The number of fused-ring (bicyclic) bond motifs is 2. The molecule has 4 aliphatic rings. The molecule has 56 heavy (non-hydrogen) atoms. The topological polar surface area (TPSA) is 194 Å². The van der Waals surface area contributed by atoms with Crippen LogP contribution in [0.1, 0.15) is 66.7 Å². The maximum atomic E-state index is 14.6. The third-order valence-corrected chi connectivity index (χ3v) is 11.6. The molecular formula is C40H49ClN6O9. The van der Waals surface area contributed by atoms with Crippen molar-refractivity contribution in [2.45, 2.75) is 103 Å². The van der Waals surface area contributed by atoms with E-state index in [0.29, 0.717) is 51.6 Å². The van der Waals surface area contributed by atoms with Gasteiger partial charge in [-0.1, -0.05) is 38.4 Å². The lowest BCUT2D eigenvalue weighted by molar-refractivity contribution is -0.146. The number of aliphatic carboxylic acids is 1. The predicted octanol–water partition coefficient (Wildman–Crippen LogP) is 5.81. The molecule has 3 amide bonds. The second kappa shape index (κ2) is 14.8. The van der Waals surface area contributed by atoms with Gasteiger partial charge in [0.15, 0.2) is 0 Å². The normalized spacial score (nSPS) is 27.0. The van der Waals surface area contributed by atoms with E-state index in [4.69, 9.17) is 35.2 Å². The fraction of sp³-hybridized carbons (Fsp3) is 0.550. The largest absolute Gasteiger partial charge is 0.495 e. The monoisotopic (exact) mass is 792 g/mol. The molecule has 7 rings (SSSR count). The van der Waals surface area contributed by atoms with Gasteiger partial charge in [-0.05, 0) is 68.9 Å². The van der Waals surface area contributed by atoms with Crippen molar-refractivity contribution in [3.8, 4) is 22.9 Å². The number of hydrogen-bond donors (Lipinski definition) is 4. The lowest BCUT2D eigenvalue weighted by atomic mass is 9.85. The molecule has 2 unspecified atom stereocenters. The molecule has 3 saturated carbocycles. The molecule has 4 fully saturated rings. The van der Waals surface area contributed by atoms with Gasteiger partial charge in [0.2, 0.25) is 11.8 Å². The SMILES string of the molecule is C=C[C@@H]1C[C@]1(NC(=O)C1C[C@@H](Oc2cc(-c3coc(NC(C)C)n3)nc3c(Cl)c(OC)ccc23)CN1C(=O)[C@@H](NC(=O)OC1C[C@@H]2C[C@@H]2C1)C(C)(C)C)C(=O)O. The molecule has 0 radical (unpaired) electrons. The summed E-state index contributed by atoms with van der Waals surface area (Å²) >= 11 is 6.79. The van der Waals surface area contributed by atoms with Crippen molar-refractivity contribution in [1.82, 2.24) is 25.5 Å². The first kappa shape index (κ1) is 39.2. The van der Waals surface area contributed by atoms with Crippen molar-refractivity contribution >= 4 is 52.4 Å². The average molecular weight is 793 g/mol. The summed E-state index contributed by atoms with van der Waals surface area (Å²) in [4.78, 5) is 65.1. The second-order valence-electron chi connectivity index (χ2n) is 16.8. The van der Waals surface area contributed by atoms with Gasteiger partial charge >= 0.3 is 12.1 Å². The van der Waals surface area contributed by atoms with Gasteiger partial charge in [0.1, 0.15) is 58.3 Å². The van der Waals surface area contributed by atoms with E-state index >= 15 is 0 Å². The van der Waals surface area contributed by atoms with E-state index in [1.807, 2.05) is 34.6 Å². The summed E-state index contributed by atoms with van der Waals surface area (Å²) in [5, 5.41) is 19.5. The summed E-state index contributed by atoms with van der Waals surface area (Å²) in [5.41, 5.74) is -1.19. The van der Waals surface area contributed by atoms with Crippen molar-refractivity contribution in [2.24, 2.45) is 23.2 Å². The molecule has 3 heterocycles. The number of carbonyl (C=O) groups excluding carboxylic acids is 3. The van der Waals surface area contributed by atoms with Crippen molar-refractivity contribution in [2.75, 3.05) is 19.0 Å². The Morgan fingerprint density at radius 2 is 1.80 bits per heavy atom. The van der Waals surface area contributed by atoms with E-state index in [1.54, 1.807) is 18.2 Å². The van der Waals surface area contributed by atoms with E-state index < -0.39 is 58.9 Å². The Hall–Kier alpha value is -5.05. The van der Waals surface area contributed by atoms with Gasteiger partial charge in [0, 0.05) is 29.8 Å². The molecule has 15 nitrogen and oxygen atoms in total. The Balaban J connectivity index is 1.20. The molecule has 0 bridgehead atoms. The van der Waals surface area contributed by atoms with E-state index in [-0.39, 0.29) is 36.6 Å². The maximum absolute atomic E-state index is 14.6. The number of pyridine rings is 1. The highest BCUT2D eigenvalue weighted by atomic mass is 35.5. The minimum Gasteiger partial charge on any atom is -0.495 e. The average Bonchev–Trinajstić information content (AvgIpc) is 3.80. The number of alkyl carbamates (subject to hydrolysis) is 1. The zero-order valence-electron chi connectivity index (χ0n) is 32.4. The summed E-state index contributed by atoms with van der Waals surface area (Å²) < 4.78 is 23.5. The van der Waals surface area contributed by atoms with E-state index in [0.717, 1.165) is 19.3 Å². The highest BCUT2D eigenvalue weighted by Gasteiger charge is 2.61. The number of anilines is 1. The molecule has 4 N–H and O–H groups in total. The number of halogens is 1. The first-order chi connectivity index (χ1) is 26.5. The zero-order valence-corrected chi connectivity index (χ0v) is 33.1. The quantitative estimate of drug-likeness (QED) is 0.152. The summed E-state index contributed by atoms with van der Waals surface area (Å²) in [7, 11) is 1.49. The Morgan fingerprint density at radius 3 is 2.43 bits per heavy atom. The standard InChI is InChI=1S/C40H49ClN6O9/c1-8-22-16-40(22,36(50)51)46-34(48)28-14-24(17-47(28)35(49)33(39(4,5)6)45-38(52)56-23-12-20-11-21(20)13-23)55-30-15-26(27-18-54-37(44-27)42-19(2)3)43-32-25(30)9-10-29(53-7)31(32)41/h8-10,15,18-24,28,33H,1,11-14,16-17H2,2-7H3,(H,42,44)(H,45,52)(H,46,48)(H,50,51)/t20-,21+,22-,23?,24-,28?,33-,40-/m1/s1. The minimum absolute atomic E-state index is 0.00758. The number of likely N-dealkylation sites (tertiary alicyclic amines) is 1. The van der Waals surface area contributed by atoms with Crippen LogP contribution >= 0.6 is 11.6 Å². The lowest BCUT2D eigenvalue weighted by Gasteiger charge is -2.35. The number of ether oxygens (including phenoxy) is 3. The number of benzene rings is 1. The van der Waals surface area contributed by atoms with Crippen LogP contribution in [-0.4, -0.2) is 93.4 Å². The highest BCUT2D eigenvalue weighted by molar-refractivity contribution is 6.36. The van der Waals surface area contributed by atoms with Crippen LogP contribution in [0.2, 0.25) is 5.02 Å². The van der Waals surface area contributed by atoms with Crippen LogP contribution in [0.3, 0.4) is 0 Å². The third kappa shape index (κ3) is 7.69. The van der Waals surface area contributed by atoms with Gasteiger partial charge in [-0.15, -0.1) is 6.58 Å². The highest BCUT2D eigenvalue weighted by Crippen LogP contribution is 2.52. The van der Waals surface area contributed by atoms with Crippen molar-refractivity contribution in [3.63, 3.8) is 0 Å². The van der Waals surface area contributed by atoms with Gasteiger partial charge in [0.05, 0.1) is 24.9 Å². The van der Waals surface area contributed by atoms with E-state index in [9.17, 15) is 24.3 Å². The lowest BCUT2D eigenvalue weighted by Crippen LogP contribution is -2.59. The number of carboxylic acids is 1. The Kier molecular flexibility index (Phi) is 10.4. The molecule has 3 aliphatic carbocycles. The molecular weight excluding hydrogens is 744 g/mol. The van der Waals surface area contributed by atoms with E-state index in [2.05, 4.69) is 27.5 Å². The molecule has 300 valence electrons. The minimum atomic E-state index is -1.53. The van der Waals surface area contributed by atoms with Crippen LogP contribution in [-0.2, 0) is 19.1 Å². The van der Waals surface area contributed by atoms with Crippen LogP contribution in [0, 0.1) is 23.2 Å². The molecule has 16 heteroatoms.